The third-order valence-corrected chi connectivity index (χ3v) is 4.12. The van der Waals surface area contributed by atoms with E-state index in [1.807, 2.05) is 29.2 Å². The molecule has 2 amide bonds. The first-order chi connectivity index (χ1) is 10.0. The van der Waals surface area contributed by atoms with Gasteiger partial charge in [-0.2, -0.15) is 0 Å². The maximum absolute atomic E-state index is 12.2. The van der Waals surface area contributed by atoms with Crippen LogP contribution in [0.15, 0.2) is 24.3 Å². The molecule has 1 aliphatic heterocycles. The minimum absolute atomic E-state index is 0.0272. The average Bonchev–Trinajstić information content (AvgIpc) is 2.74. The lowest BCUT2D eigenvalue weighted by Crippen LogP contribution is -2.45. The summed E-state index contributed by atoms with van der Waals surface area (Å²) in [4.78, 5) is 14.1. The SMILES string of the molecule is CC(C)(CNC(=O)N1CCCOCC1)c1ccccc1Cl. The molecule has 1 fully saturated rings. The minimum Gasteiger partial charge on any atom is -0.380 e. The highest BCUT2D eigenvalue weighted by Gasteiger charge is 2.25. The van der Waals surface area contributed by atoms with Crippen molar-refractivity contribution in [2.24, 2.45) is 0 Å². The molecule has 0 unspecified atom stereocenters. The maximum atomic E-state index is 12.2. The number of nitrogens with zero attached hydrogens (tertiary/aromatic N) is 1. The number of amides is 2. The molecule has 1 heterocycles. The van der Waals surface area contributed by atoms with Gasteiger partial charge in [-0.3, -0.25) is 0 Å². The Kier molecular flexibility index (Phi) is 5.48. The van der Waals surface area contributed by atoms with E-state index >= 15 is 0 Å². The smallest absolute Gasteiger partial charge is 0.317 e. The van der Waals surface area contributed by atoms with Crippen molar-refractivity contribution in [2.45, 2.75) is 25.7 Å². The summed E-state index contributed by atoms with van der Waals surface area (Å²) < 4.78 is 5.37. The van der Waals surface area contributed by atoms with Gasteiger partial charge in [-0.25, -0.2) is 4.79 Å². The zero-order chi connectivity index (χ0) is 15.3. The lowest BCUT2D eigenvalue weighted by molar-refractivity contribution is 0.142. The van der Waals surface area contributed by atoms with Crippen molar-refractivity contribution < 1.29 is 9.53 Å². The number of hydrogen-bond acceptors (Lipinski definition) is 2. The van der Waals surface area contributed by atoms with Crippen molar-refractivity contribution >= 4 is 17.6 Å². The van der Waals surface area contributed by atoms with Crippen LogP contribution in [0, 0.1) is 0 Å². The molecule has 4 nitrogen and oxygen atoms in total. The molecular formula is C16H23ClN2O2. The van der Waals surface area contributed by atoms with E-state index in [0.717, 1.165) is 30.2 Å². The summed E-state index contributed by atoms with van der Waals surface area (Å²) >= 11 is 6.25. The van der Waals surface area contributed by atoms with E-state index in [-0.39, 0.29) is 11.4 Å². The molecule has 0 radical (unpaired) electrons. The summed E-state index contributed by atoms with van der Waals surface area (Å²) in [5.74, 6) is 0. The first kappa shape index (κ1) is 16.1. The molecule has 116 valence electrons. The van der Waals surface area contributed by atoms with Crippen LogP contribution in [0.1, 0.15) is 25.8 Å². The van der Waals surface area contributed by atoms with Crippen molar-refractivity contribution in [2.75, 3.05) is 32.8 Å². The summed E-state index contributed by atoms with van der Waals surface area (Å²) in [6.07, 6.45) is 0.890. The van der Waals surface area contributed by atoms with Gasteiger partial charge in [0.1, 0.15) is 0 Å². The van der Waals surface area contributed by atoms with Gasteiger partial charge in [-0.15, -0.1) is 0 Å². The number of carbonyl (C=O) groups is 1. The van der Waals surface area contributed by atoms with Crippen molar-refractivity contribution in [3.63, 3.8) is 0 Å². The van der Waals surface area contributed by atoms with E-state index in [9.17, 15) is 4.79 Å². The van der Waals surface area contributed by atoms with Crippen LogP contribution < -0.4 is 5.32 Å². The molecule has 0 aliphatic carbocycles. The van der Waals surface area contributed by atoms with Gasteiger partial charge in [0.2, 0.25) is 0 Å². The molecule has 1 saturated heterocycles. The molecule has 2 rings (SSSR count). The zero-order valence-corrected chi connectivity index (χ0v) is 13.4. The molecule has 0 spiro atoms. The van der Waals surface area contributed by atoms with Crippen molar-refractivity contribution in [1.29, 1.82) is 0 Å². The number of nitrogens with one attached hydrogen (secondary N) is 1. The summed E-state index contributed by atoms with van der Waals surface area (Å²) in [6.45, 7) is 7.46. The molecule has 1 aliphatic rings. The highest BCUT2D eigenvalue weighted by Crippen LogP contribution is 2.29. The van der Waals surface area contributed by atoms with Crippen molar-refractivity contribution in [3.05, 3.63) is 34.9 Å². The predicted molar refractivity (Wildman–Crippen MR) is 84.9 cm³/mol. The quantitative estimate of drug-likeness (QED) is 0.932. The predicted octanol–water partition coefficient (Wildman–Crippen LogP) is 3.05. The third-order valence-electron chi connectivity index (χ3n) is 3.79. The number of benzene rings is 1. The minimum atomic E-state index is -0.212. The Balaban J connectivity index is 1.94. The largest absolute Gasteiger partial charge is 0.380 e. The number of rotatable bonds is 3. The average molecular weight is 311 g/mol. The molecule has 5 heteroatoms. The molecule has 1 N–H and O–H groups in total. The van der Waals surface area contributed by atoms with Crippen molar-refractivity contribution in [3.8, 4) is 0 Å². The zero-order valence-electron chi connectivity index (χ0n) is 12.7. The summed E-state index contributed by atoms with van der Waals surface area (Å²) in [6, 6.07) is 7.75. The monoisotopic (exact) mass is 310 g/mol. The molecular weight excluding hydrogens is 288 g/mol. The molecule has 1 aromatic carbocycles. The van der Waals surface area contributed by atoms with Gasteiger partial charge < -0.3 is 15.0 Å². The summed E-state index contributed by atoms with van der Waals surface area (Å²) in [5, 5.41) is 3.75. The molecule has 0 bridgehead atoms. The topological polar surface area (TPSA) is 41.6 Å². The fourth-order valence-electron chi connectivity index (χ4n) is 2.46. The molecule has 1 aromatic rings. The van der Waals surface area contributed by atoms with E-state index in [1.165, 1.54) is 0 Å². The molecule has 21 heavy (non-hydrogen) atoms. The van der Waals surface area contributed by atoms with Crippen LogP contribution in [0.25, 0.3) is 0 Å². The number of halogens is 1. The van der Waals surface area contributed by atoms with E-state index in [2.05, 4.69) is 19.2 Å². The van der Waals surface area contributed by atoms with Gasteiger partial charge in [-0.05, 0) is 18.1 Å². The Morgan fingerprint density at radius 1 is 1.33 bits per heavy atom. The second-order valence-electron chi connectivity index (χ2n) is 5.98. The van der Waals surface area contributed by atoms with Crippen LogP contribution in [0.3, 0.4) is 0 Å². The molecule has 0 saturated carbocycles. The second-order valence-corrected chi connectivity index (χ2v) is 6.38. The molecule has 0 aromatic heterocycles. The fraction of sp³-hybridized carbons (Fsp3) is 0.562. The fourth-order valence-corrected chi connectivity index (χ4v) is 2.85. The van der Waals surface area contributed by atoms with Gasteiger partial charge in [0.25, 0.3) is 0 Å². The van der Waals surface area contributed by atoms with Crippen molar-refractivity contribution in [1.82, 2.24) is 10.2 Å². The number of ether oxygens (including phenoxy) is 1. The van der Waals surface area contributed by atoms with Crippen LogP contribution >= 0.6 is 11.6 Å². The van der Waals surface area contributed by atoms with Crippen LogP contribution in [0.2, 0.25) is 5.02 Å². The second kappa shape index (κ2) is 7.14. The first-order valence-corrected chi connectivity index (χ1v) is 7.74. The number of carbonyl (C=O) groups excluding carboxylic acids is 1. The normalized spacial score (nSPS) is 16.4. The van der Waals surface area contributed by atoms with Gasteiger partial charge in [0.15, 0.2) is 0 Å². The van der Waals surface area contributed by atoms with E-state index in [1.54, 1.807) is 0 Å². The Morgan fingerprint density at radius 3 is 2.86 bits per heavy atom. The standard InChI is InChI=1S/C16H23ClN2O2/c1-16(2,13-6-3-4-7-14(13)17)12-18-15(20)19-8-5-10-21-11-9-19/h3-4,6-7H,5,8-12H2,1-2H3,(H,18,20). The van der Waals surface area contributed by atoms with Gasteiger partial charge >= 0.3 is 6.03 Å². The highest BCUT2D eigenvalue weighted by atomic mass is 35.5. The van der Waals surface area contributed by atoms with Crippen LogP contribution in [-0.2, 0) is 10.2 Å². The Labute approximate surface area is 131 Å². The Morgan fingerprint density at radius 2 is 2.10 bits per heavy atom. The van der Waals surface area contributed by atoms with Crippen LogP contribution in [-0.4, -0.2) is 43.8 Å². The first-order valence-electron chi connectivity index (χ1n) is 7.36. The molecule has 0 atom stereocenters. The highest BCUT2D eigenvalue weighted by molar-refractivity contribution is 6.31. The number of urea groups is 1. The van der Waals surface area contributed by atoms with Crippen LogP contribution in [0.4, 0.5) is 4.79 Å². The van der Waals surface area contributed by atoms with E-state index in [4.69, 9.17) is 16.3 Å². The van der Waals surface area contributed by atoms with Gasteiger partial charge in [-0.1, -0.05) is 43.6 Å². The Bertz CT molecular complexity index is 483. The van der Waals surface area contributed by atoms with E-state index in [0.29, 0.717) is 19.7 Å². The van der Waals surface area contributed by atoms with Crippen LogP contribution in [0.5, 0.6) is 0 Å². The Hall–Kier alpha value is -1.26. The lowest BCUT2D eigenvalue weighted by Gasteiger charge is -2.28. The van der Waals surface area contributed by atoms with Gasteiger partial charge in [0, 0.05) is 36.7 Å². The number of hydrogen-bond donors (Lipinski definition) is 1. The third kappa shape index (κ3) is 4.35. The summed E-state index contributed by atoms with van der Waals surface area (Å²) in [7, 11) is 0. The van der Waals surface area contributed by atoms with Gasteiger partial charge in [0.05, 0.1) is 6.61 Å². The lowest BCUT2D eigenvalue weighted by atomic mass is 9.84. The summed E-state index contributed by atoms with van der Waals surface area (Å²) in [5.41, 5.74) is 0.835. The maximum Gasteiger partial charge on any atom is 0.317 e. The van der Waals surface area contributed by atoms with E-state index < -0.39 is 0 Å².